The van der Waals surface area contributed by atoms with Crippen LogP contribution in [0.1, 0.15) is 67.2 Å². The molecule has 0 bridgehead atoms. The summed E-state index contributed by atoms with van der Waals surface area (Å²) >= 11 is 0. The number of hydrogen-bond acceptors (Lipinski definition) is 2. The Morgan fingerprint density at radius 3 is 1.20 bits per heavy atom. The average Bonchev–Trinajstić information content (AvgIpc) is 3.46. The van der Waals surface area contributed by atoms with Gasteiger partial charge in [-0.1, -0.05) is 79.6 Å². The van der Waals surface area contributed by atoms with Gasteiger partial charge in [0.1, 0.15) is 0 Å². The third-order valence-corrected chi connectivity index (χ3v) is 17.5. The Morgan fingerprint density at radius 2 is 0.932 bits per heavy atom. The largest absolute Gasteiger partial charge is 4.00 e. The molecule has 2 nitrogen and oxygen atoms in total. The maximum atomic E-state index is 6.44. The predicted octanol–water partition coefficient (Wildman–Crippen LogP) is 6.24. The molecule has 0 N–H and O–H groups in total. The smallest absolute Gasteiger partial charge is 1.00 e. The molecule has 0 aromatic heterocycles. The molecule has 4 rings (SSSR count). The van der Waals surface area contributed by atoms with Crippen LogP contribution in [-0.2, 0) is 26.2 Å². The molecule has 0 fully saturated rings. The van der Waals surface area contributed by atoms with Gasteiger partial charge in [-0.2, -0.15) is 0 Å². The standard InChI is InChI=1S/2C17H25OSi.C2H6Si.2ClH.Zr/c2*1-6-11-17(2,3)19(4,5)18-16-12-14-9-7-8-10-15(14)13-16;1-3-2;;;/h2*7-10,12-13H,6,11H2,1-5H3;1-2H3;2*1H;/q2*-1;;;;+4/p-2. The van der Waals surface area contributed by atoms with E-state index in [0.29, 0.717) is 10.1 Å². The fraction of sp³-hybridized carbons (Fsp3) is 0.500. The van der Waals surface area contributed by atoms with Crippen LogP contribution in [0.25, 0.3) is 21.5 Å². The van der Waals surface area contributed by atoms with Crippen LogP contribution in [-0.4, -0.2) is 26.2 Å². The van der Waals surface area contributed by atoms with E-state index in [-0.39, 0.29) is 51.0 Å². The topological polar surface area (TPSA) is 18.5 Å². The van der Waals surface area contributed by atoms with Gasteiger partial charge in [0, 0.05) is 21.0 Å². The van der Waals surface area contributed by atoms with Gasteiger partial charge in [-0.15, -0.1) is 82.2 Å². The third kappa shape index (κ3) is 12.5. The van der Waals surface area contributed by atoms with Crippen LogP contribution < -0.4 is 33.7 Å². The molecule has 44 heavy (non-hydrogen) atoms. The van der Waals surface area contributed by atoms with Gasteiger partial charge in [-0.25, -0.2) is 0 Å². The Morgan fingerprint density at radius 1 is 0.636 bits per heavy atom. The monoisotopic (exact) mass is 764 g/mol. The zero-order chi connectivity index (χ0) is 30.9. The fourth-order valence-corrected chi connectivity index (χ4v) is 8.75. The van der Waals surface area contributed by atoms with E-state index in [9.17, 15) is 0 Å². The summed E-state index contributed by atoms with van der Waals surface area (Å²) in [6.07, 6.45) is 4.89. The van der Waals surface area contributed by atoms with Crippen LogP contribution in [0, 0.1) is 0 Å². The molecule has 8 heteroatoms. The number of rotatable bonds is 10. The summed E-state index contributed by atoms with van der Waals surface area (Å²) in [6, 6.07) is 25.6. The quantitative estimate of drug-likeness (QED) is 0.141. The van der Waals surface area contributed by atoms with E-state index in [0.717, 1.165) is 21.0 Å². The van der Waals surface area contributed by atoms with Gasteiger partial charge >= 0.3 is 26.2 Å². The van der Waals surface area contributed by atoms with Crippen LogP contribution in [0.2, 0.25) is 49.4 Å². The van der Waals surface area contributed by atoms with Crippen molar-refractivity contribution in [1.29, 1.82) is 0 Å². The van der Waals surface area contributed by atoms with E-state index in [1.165, 1.54) is 47.2 Å². The Balaban J connectivity index is 0. The van der Waals surface area contributed by atoms with Gasteiger partial charge in [-0.05, 0) is 49.1 Å². The maximum absolute atomic E-state index is 6.44. The summed E-state index contributed by atoms with van der Waals surface area (Å²) < 4.78 is 12.9. The number of halogens is 2. The molecular formula is C36H56Cl2O2Si3Zr. The zero-order valence-corrected chi connectivity index (χ0v) is 36.3. The minimum atomic E-state index is -1.76. The van der Waals surface area contributed by atoms with Crippen molar-refractivity contribution in [2.24, 2.45) is 0 Å². The van der Waals surface area contributed by atoms with Crippen molar-refractivity contribution in [3.05, 3.63) is 72.8 Å². The fourth-order valence-electron chi connectivity index (χ4n) is 5.08. The summed E-state index contributed by atoms with van der Waals surface area (Å²) in [6.45, 7) is 27.6. The Hall–Kier alpha value is -0.626. The summed E-state index contributed by atoms with van der Waals surface area (Å²) in [5.74, 6) is 2.09. The summed E-state index contributed by atoms with van der Waals surface area (Å²) in [5, 5.41) is 5.69. The Bertz CT molecular complexity index is 1180. The van der Waals surface area contributed by atoms with Gasteiger partial charge < -0.3 is 33.7 Å². The van der Waals surface area contributed by atoms with E-state index < -0.39 is 16.6 Å². The minimum absolute atomic E-state index is 0. The molecule has 4 aromatic carbocycles. The van der Waals surface area contributed by atoms with Crippen molar-refractivity contribution in [3.8, 4) is 11.5 Å². The van der Waals surface area contributed by atoms with Gasteiger partial charge in [0.15, 0.2) is 0 Å². The molecule has 0 saturated carbocycles. The van der Waals surface area contributed by atoms with E-state index in [2.05, 4.69) is 154 Å². The van der Waals surface area contributed by atoms with E-state index >= 15 is 0 Å². The third-order valence-electron chi connectivity index (χ3n) is 8.94. The molecule has 2 radical (unpaired) electrons. The summed E-state index contributed by atoms with van der Waals surface area (Å²) in [7, 11) is -2.43. The minimum Gasteiger partial charge on any atom is -1.00 e. The first-order valence-electron chi connectivity index (χ1n) is 15.4. The second-order valence-electron chi connectivity index (χ2n) is 13.6. The van der Waals surface area contributed by atoms with Gasteiger partial charge in [0.2, 0.25) is 16.6 Å². The van der Waals surface area contributed by atoms with Crippen LogP contribution in [0.4, 0.5) is 0 Å². The second kappa shape index (κ2) is 19.9. The first-order chi connectivity index (χ1) is 19.1. The molecule has 0 unspecified atom stereocenters. The molecule has 0 atom stereocenters. The molecule has 0 saturated heterocycles. The molecule has 0 aliphatic carbocycles. The maximum Gasteiger partial charge on any atom is 4.00 e. The van der Waals surface area contributed by atoms with E-state index in [1.807, 2.05) is 0 Å². The van der Waals surface area contributed by atoms with E-state index in [4.69, 9.17) is 8.85 Å². The SMILES string of the molecule is CCCC(C)(C)[Si](C)(C)Oc1cc2ccccc2[cH-]1.CCCC(C)(C)[Si](C)(C)Oc1cc2ccccc2[cH-]1.C[Si]C.[Cl-].[Cl-].[Zr+4]. The molecule has 0 amide bonds. The average molecular weight is 767 g/mol. The van der Waals surface area contributed by atoms with Crippen molar-refractivity contribution in [2.45, 2.75) is 117 Å². The second-order valence-corrected chi connectivity index (χ2v) is 23.8. The first-order valence-corrected chi connectivity index (χ1v) is 23.2. The molecular weight excluding hydrogens is 711 g/mol. The molecule has 4 aromatic rings. The predicted molar refractivity (Wildman–Crippen MR) is 191 cm³/mol. The number of benzene rings is 2. The summed E-state index contributed by atoms with van der Waals surface area (Å²) in [5.41, 5.74) is 0. The van der Waals surface area contributed by atoms with Crippen LogP contribution >= 0.6 is 0 Å². The molecule has 0 aliphatic heterocycles. The van der Waals surface area contributed by atoms with E-state index in [1.54, 1.807) is 0 Å². The van der Waals surface area contributed by atoms with Gasteiger partial charge in [0.25, 0.3) is 0 Å². The molecule has 0 heterocycles. The first kappa shape index (κ1) is 45.5. The van der Waals surface area contributed by atoms with Crippen molar-refractivity contribution in [3.63, 3.8) is 0 Å². The molecule has 242 valence electrons. The van der Waals surface area contributed by atoms with Crippen molar-refractivity contribution < 1.29 is 59.9 Å². The number of hydrogen-bond donors (Lipinski definition) is 0. The van der Waals surface area contributed by atoms with Crippen LogP contribution in [0.3, 0.4) is 0 Å². The van der Waals surface area contributed by atoms with Gasteiger partial charge in [0.05, 0.1) is 0 Å². The Kier molecular flexibility index (Phi) is 20.6. The van der Waals surface area contributed by atoms with Crippen LogP contribution in [0.15, 0.2) is 72.8 Å². The van der Waals surface area contributed by atoms with Crippen LogP contribution in [0.5, 0.6) is 11.5 Å². The van der Waals surface area contributed by atoms with Crippen molar-refractivity contribution in [2.75, 3.05) is 0 Å². The van der Waals surface area contributed by atoms with Crippen molar-refractivity contribution >= 4 is 47.7 Å². The van der Waals surface area contributed by atoms with Gasteiger partial charge in [-0.3, -0.25) is 0 Å². The normalized spacial score (nSPS) is 11.5. The Labute approximate surface area is 306 Å². The molecule has 0 spiro atoms. The molecule has 0 aliphatic rings. The summed E-state index contributed by atoms with van der Waals surface area (Å²) in [4.78, 5) is 0. The van der Waals surface area contributed by atoms with Crippen molar-refractivity contribution in [1.82, 2.24) is 0 Å². The number of fused-ring (bicyclic) bond motifs is 2. The zero-order valence-electron chi connectivity index (χ0n) is 29.3.